The maximum Gasteiger partial charge on any atom is 0.153 e. The highest BCUT2D eigenvalue weighted by Crippen LogP contribution is 2.28. The first-order valence-electron chi connectivity index (χ1n) is 4.34. The molecule has 0 N–H and O–H groups in total. The number of halogens is 1. The van der Waals surface area contributed by atoms with Crippen molar-refractivity contribution in [2.24, 2.45) is 0 Å². The van der Waals surface area contributed by atoms with E-state index in [1.807, 2.05) is 25.1 Å². The van der Waals surface area contributed by atoms with Gasteiger partial charge in [0.05, 0.1) is 10.9 Å². The predicted molar refractivity (Wildman–Crippen MR) is 55.9 cm³/mol. The number of para-hydroxylation sites is 1. The van der Waals surface area contributed by atoms with Crippen LogP contribution in [0.5, 0.6) is 0 Å². The minimum atomic E-state index is -0.179. The molecule has 0 spiro atoms. The van der Waals surface area contributed by atoms with Gasteiger partial charge in [0.25, 0.3) is 0 Å². The van der Waals surface area contributed by atoms with Crippen molar-refractivity contribution in [2.45, 2.75) is 12.3 Å². The number of carbonyl (C=O) groups is 1. The molecule has 0 aliphatic carbocycles. The standard InChI is InChI=1S/C11H9ClO2/c1-7(12)10-5-8-3-2-4-9(6-13)11(8)14-10/h2-7H,1H3. The maximum absolute atomic E-state index is 10.7. The molecule has 2 nitrogen and oxygen atoms in total. The van der Waals surface area contributed by atoms with Gasteiger partial charge in [-0.2, -0.15) is 0 Å². The maximum atomic E-state index is 10.7. The molecule has 1 unspecified atom stereocenters. The average Bonchev–Trinajstić information content (AvgIpc) is 2.60. The van der Waals surface area contributed by atoms with E-state index in [2.05, 4.69) is 0 Å². The summed E-state index contributed by atoms with van der Waals surface area (Å²) in [6.45, 7) is 1.83. The Balaban J connectivity index is 2.70. The van der Waals surface area contributed by atoms with Crippen LogP contribution in [0.1, 0.15) is 28.4 Å². The van der Waals surface area contributed by atoms with Crippen molar-refractivity contribution in [3.63, 3.8) is 0 Å². The van der Waals surface area contributed by atoms with Crippen LogP contribution in [0.2, 0.25) is 0 Å². The quantitative estimate of drug-likeness (QED) is 0.558. The molecule has 72 valence electrons. The molecule has 0 saturated carbocycles. The van der Waals surface area contributed by atoms with E-state index in [0.29, 0.717) is 16.9 Å². The highest BCUT2D eigenvalue weighted by atomic mass is 35.5. The summed E-state index contributed by atoms with van der Waals surface area (Å²) in [5, 5.41) is 0.735. The first kappa shape index (κ1) is 9.28. The fourth-order valence-corrected chi connectivity index (χ4v) is 1.50. The SMILES string of the molecule is CC(Cl)c1cc2cccc(C=O)c2o1. The average molecular weight is 209 g/mol. The van der Waals surface area contributed by atoms with E-state index in [4.69, 9.17) is 16.0 Å². The van der Waals surface area contributed by atoms with Gasteiger partial charge in [0, 0.05) is 5.39 Å². The largest absolute Gasteiger partial charge is 0.459 e. The lowest BCUT2D eigenvalue weighted by atomic mass is 10.2. The normalized spacial score (nSPS) is 13.0. The van der Waals surface area contributed by atoms with E-state index in [9.17, 15) is 4.79 Å². The molecule has 0 fully saturated rings. The molecule has 0 radical (unpaired) electrons. The summed E-state index contributed by atoms with van der Waals surface area (Å²) in [4.78, 5) is 10.7. The van der Waals surface area contributed by atoms with Gasteiger partial charge in [-0.25, -0.2) is 0 Å². The molecule has 1 aromatic heterocycles. The molecule has 1 heterocycles. The minimum absolute atomic E-state index is 0.179. The summed E-state index contributed by atoms with van der Waals surface area (Å²) in [6, 6.07) is 7.31. The number of hydrogen-bond donors (Lipinski definition) is 0. The van der Waals surface area contributed by atoms with Crippen molar-refractivity contribution >= 4 is 28.9 Å². The van der Waals surface area contributed by atoms with Crippen molar-refractivity contribution in [1.29, 1.82) is 0 Å². The van der Waals surface area contributed by atoms with Gasteiger partial charge in [-0.3, -0.25) is 4.79 Å². The number of furan rings is 1. The summed E-state index contributed by atoms with van der Waals surface area (Å²) >= 11 is 5.89. The Morgan fingerprint density at radius 1 is 1.50 bits per heavy atom. The number of hydrogen-bond acceptors (Lipinski definition) is 2. The van der Waals surface area contributed by atoms with Crippen LogP contribution in [0.3, 0.4) is 0 Å². The van der Waals surface area contributed by atoms with Gasteiger partial charge in [-0.1, -0.05) is 12.1 Å². The first-order chi connectivity index (χ1) is 6.72. The van der Waals surface area contributed by atoms with Gasteiger partial charge in [0.2, 0.25) is 0 Å². The zero-order valence-electron chi connectivity index (χ0n) is 7.66. The number of alkyl halides is 1. The van der Waals surface area contributed by atoms with Crippen molar-refractivity contribution < 1.29 is 9.21 Å². The highest BCUT2D eigenvalue weighted by molar-refractivity contribution is 6.20. The number of rotatable bonds is 2. The smallest absolute Gasteiger partial charge is 0.153 e. The molecular weight excluding hydrogens is 200 g/mol. The Labute approximate surface area is 86.5 Å². The van der Waals surface area contributed by atoms with Crippen LogP contribution < -0.4 is 0 Å². The predicted octanol–water partition coefficient (Wildman–Crippen LogP) is 3.55. The molecule has 0 bridgehead atoms. The lowest BCUT2D eigenvalue weighted by molar-refractivity contribution is 0.112. The Bertz CT molecular complexity index is 471. The number of carbonyl (C=O) groups excluding carboxylic acids is 1. The summed E-state index contributed by atoms with van der Waals surface area (Å²) in [5.41, 5.74) is 1.18. The van der Waals surface area contributed by atoms with Gasteiger partial charge in [0.1, 0.15) is 11.3 Å². The van der Waals surface area contributed by atoms with E-state index >= 15 is 0 Å². The lowest BCUT2D eigenvalue weighted by Crippen LogP contribution is -1.78. The summed E-state index contributed by atoms with van der Waals surface area (Å²) < 4.78 is 5.49. The van der Waals surface area contributed by atoms with Crippen molar-refractivity contribution in [2.75, 3.05) is 0 Å². The zero-order chi connectivity index (χ0) is 10.1. The fraction of sp³-hybridized carbons (Fsp3) is 0.182. The van der Waals surface area contributed by atoms with E-state index < -0.39 is 0 Å². The molecule has 3 heteroatoms. The molecule has 1 atom stereocenters. The summed E-state index contributed by atoms with van der Waals surface area (Å²) in [5.74, 6) is 0.691. The van der Waals surface area contributed by atoms with Crippen molar-refractivity contribution in [3.05, 3.63) is 35.6 Å². The van der Waals surface area contributed by atoms with E-state index in [-0.39, 0.29) is 5.38 Å². The minimum Gasteiger partial charge on any atom is -0.459 e. The van der Waals surface area contributed by atoms with Gasteiger partial charge >= 0.3 is 0 Å². The monoisotopic (exact) mass is 208 g/mol. The van der Waals surface area contributed by atoms with E-state index in [1.165, 1.54) is 0 Å². The van der Waals surface area contributed by atoms with Gasteiger partial charge in [0.15, 0.2) is 6.29 Å². The van der Waals surface area contributed by atoms with Crippen LogP contribution in [0.4, 0.5) is 0 Å². The second-order valence-corrected chi connectivity index (χ2v) is 3.80. The summed E-state index contributed by atoms with van der Waals surface area (Å²) in [7, 11) is 0. The topological polar surface area (TPSA) is 30.2 Å². The third-order valence-electron chi connectivity index (χ3n) is 2.11. The molecule has 0 saturated heterocycles. The van der Waals surface area contributed by atoms with Gasteiger partial charge in [-0.05, 0) is 19.1 Å². The van der Waals surface area contributed by atoms with Crippen LogP contribution in [0, 0.1) is 0 Å². The Kier molecular flexibility index (Phi) is 2.30. The fourth-order valence-electron chi connectivity index (χ4n) is 1.39. The highest BCUT2D eigenvalue weighted by Gasteiger charge is 2.10. The van der Waals surface area contributed by atoms with E-state index in [0.717, 1.165) is 11.7 Å². The zero-order valence-corrected chi connectivity index (χ0v) is 8.41. The molecule has 0 aliphatic rings. The molecular formula is C11H9ClO2. The van der Waals surface area contributed by atoms with Gasteiger partial charge < -0.3 is 4.42 Å². The Morgan fingerprint density at radius 3 is 2.93 bits per heavy atom. The van der Waals surface area contributed by atoms with Crippen LogP contribution in [0.15, 0.2) is 28.7 Å². The van der Waals surface area contributed by atoms with Crippen LogP contribution >= 0.6 is 11.6 Å². The van der Waals surface area contributed by atoms with Crippen molar-refractivity contribution in [1.82, 2.24) is 0 Å². The third-order valence-corrected chi connectivity index (χ3v) is 2.33. The van der Waals surface area contributed by atoms with Crippen LogP contribution in [-0.4, -0.2) is 6.29 Å². The molecule has 0 aliphatic heterocycles. The Morgan fingerprint density at radius 2 is 2.29 bits per heavy atom. The lowest BCUT2D eigenvalue weighted by Gasteiger charge is -1.94. The molecule has 0 amide bonds. The summed E-state index contributed by atoms with van der Waals surface area (Å²) in [6.07, 6.45) is 0.786. The van der Waals surface area contributed by atoms with E-state index in [1.54, 1.807) is 6.07 Å². The molecule has 2 aromatic rings. The van der Waals surface area contributed by atoms with Crippen LogP contribution in [0.25, 0.3) is 11.0 Å². The number of aldehydes is 1. The molecule has 1 aromatic carbocycles. The number of fused-ring (bicyclic) bond motifs is 1. The van der Waals surface area contributed by atoms with Crippen LogP contribution in [-0.2, 0) is 0 Å². The molecule has 2 rings (SSSR count). The second-order valence-electron chi connectivity index (χ2n) is 3.15. The van der Waals surface area contributed by atoms with Crippen molar-refractivity contribution in [3.8, 4) is 0 Å². The van der Waals surface area contributed by atoms with Gasteiger partial charge in [-0.15, -0.1) is 11.6 Å². The molecule has 14 heavy (non-hydrogen) atoms. The second kappa shape index (κ2) is 3.46. The first-order valence-corrected chi connectivity index (χ1v) is 4.77. The number of benzene rings is 1. The Hall–Kier alpha value is -1.28. The third kappa shape index (κ3) is 1.42.